The van der Waals surface area contributed by atoms with Crippen molar-refractivity contribution in [3.05, 3.63) is 30.1 Å². The van der Waals surface area contributed by atoms with Crippen molar-refractivity contribution in [2.75, 3.05) is 0 Å². The first-order valence-electron chi connectivity index (χ1n) is 6.14. The Bertz CT molecular complexity index is 458. The zero-order chi connectivity index (χ0) is 15.6. The molecule has 0 bridgehead atoms. The van der Waals surface area contributed by atoms with Crippen molar-refractivity contribution in [1.29, 1.82) is 0 Å². The number of alkyl halides is 3. The quantitative estimate of drug-likeness (QED) is 0.923. The molecule has 112 valence electrons. The number of halogens is 3. The molecule has 2 N–H and O–H groups in total. The predicted octanol–water partition coefficient (Wildman–Crippen LogP) is 2.10. The summed E-state index contributed by atoms with van der Waals surface area (Å²) in [7, 11) is 0. The van der Waals surface area contributed by atoms with Crippen LogP contribution in [-0.2, 0) is 11.3 Å². The summed E-state index contributed by atoms with van der Waals surface area (Å²) in [5.74, 6) is -1.16. The molecule has 0 aliphatic heterocycles. The highest BCUT2D eigenvalue weighted by Crippen LogP contribution is 2.30. The number of hydrogen-bond acceptors (Lipinski definition) is 3. The molecule has 0 spiro atoms. The van der Waals surface area contributed by atoms with Gasteiger partial charge in [0.05, 0.1) is 12.2 Å². The lowest BCUT2D eigenvalue weighted by molar-refractivity contribution is -0.195. The minimum atomic E-state index is -4.80. The van der Waals surface area contributed by atoms with E-state index in [0.717, 1.165) is 4.90 Å². The Hall–Kier alpha value is -1.63. The summed E-state index contributed by atoms with van der Waals surface area (Å²) in [5, 5.41) is 0. The fraction of sp³-hybridized carbons (Fsp3) is 0.538. The van der Waals surface area contributed by atoms with E-state index in [0.29, 0.717) is 12.6 Å². The SMILES string of the molecule is CC(C)N(Cc1ccccn1)C(=O)C(C)(N)C(F)(F)F. The van der Waals surface area contributed by atoms with Gasteiger partial charge in [-0.05, 0) is 32.9 Å². The third-order valence-corrected chi connectivity index (χ3v) is 2.98. The van der Waals surface area contributed by atoms with Crippen molar-refractivity contribution in [1.82, 2.24) is 9.88 Å². The van der Waals surface area contributed by atoms with E-state index in [9.17, 15) is 18.0 Å². The first kappa shape index (κ1) is 16.4. The molecule has 7 heteroatoms. The highest BCUT2D eigenvalue weighted by Gasteiger charge is 2.55. The number of rotatable bonds is 4. The number of nitrogens with zero attached hydrogens (tertiary/aromatic N) is 2. The van der Waals surface area contributed by atoms with Crippen LogP contribution < -0.4 is 5.73 Å². The maximum absolute atomic E-state index is 12.9. The second kappa shape index (κ2) is 5.78. The minimum Gasteiger partial charge on any atom is -0.332 e. The van der Waals surface area contributed by atoms with Crippen LogP contribution in [0.25, 0.3) is 0 Å². The number of hydrogen-bond donors (Lipinski definition) is 1. The van der Waals surface area contributed by atoms with Gasteiger partial charge in [-0.3, -0.25) is 9.78 Å². The molecule has 0 aromatic carbocycles. The molecule has 20 heavy (non-hydrogen) atoms. The van der Waals surface area contributed by atoms with E-state index >= 15 is 0 Å². The first-order chi connectivity index (χ1) is 9.07. The summed E-state index contributed by atoms with van der Waals surface area (Å²) in [6.45, 7) is 3.93. The topological polar surface area (TPSA) is 59.2 Å². The van der Waals surface area contributed by atoms with E-state index in [2.05, 4.69) is 4.98 Å². The van der Waals surface area contributed by atoms with Crippen molar-refractivity contribution in [2.24, 2.45) is 5.73 Å². The van der Waals surface area contributed by atoms with Crippen LogP contribution in [0.5, 0.6) is 0 Å². The molecule has 0 fully saturated rings. The van der Waals surface area contributed by atoms with Crippen LogP contribution in [0.15, 0.2) is 24.4 Å². The molecule has 1 unspecified atom stereocenters. The monoisotopic (exact) mass is 289 g/mol. The molecule has 1 aromatic heterocycles. The van der Waals surface area contributed by atoms with Crippen LogP contribution >= 0.6 is 0 Å². The van der Waals surface area contributed by atoms with Crippen LogP contribution in [0, 0.1) is 0 Å². The van der Waals surface area contributed by atoms with Crippen molar-refractivity contribution in [3.63, 3.8) is 0 Å². The third kappa shape index (κ3) is 3.47. The van der Waals surface area contributed by atoms with Crippen LogP contribution in [0.1, 0.15) is 26.5 Å². The zero-order valence-corrected chi connectivity index (χ0v) is 11.6. The van der Waals surface area contributed by atoms with E-state index < -0.39 is 23.7 Å². The van der Waals surface area contributed by atoms with Gasteiger partial charge in [0.15, 0.2) is 5.54 Å². The molecule has 0 saturated carbocycles. The minimum absolute atomic E-state index is 0.0137. The molecule has 0 saturated heterocycles. The van der Waals surface area contributed by atoms with Crippen LogP contribution in [0.3, 0.4) is 0 Å². The maximum atomic E-state index is 12.9. The number of pyridine rings is 1. The summed E-state index contributed by atoms with van der Waals surface area (Å²) in [6.07, 6.45) is -3.29. The largest absolute Gasteiger partial charge is 0.415 e. The second-order valence-electron chi connectivity index (χ2n) is 5.05. The van der Waals surface area contributed by atoms with Gasteiger partial charge in [-0.25, -0.2) is 0 Å². The van der Waals surface area contributed by atoms with Gasteiger partial charge in [0.2, 0.25) is 0 Å². The Morgan fingerprint density at radius 3 is 2.40 bits per heavy atom. The number of aromatic nitrogens is 1. The van der Waals surface area contributed by atoms with Gasteiger partial charge in [-0.2, -0.15) is 13.2 Å². The molecule has 1 rings (SSSR count). The van der Waals surface area contributed by atoms with Crippen LogP contribution in [0.2, 0.25) is 0 Å². The Kier molecular flexibility index (Phi) is 4.75. The van der Waals surface area contributed by atoms with E-state index in [4.69, 9.17) is 5.73 Å². The average Bonchev–Trinajstić information content (AvgIpc) is 2.34. The fourth-order valence-corrected chi connectivity index (χ4v) is 1.57. The Morgan fingerprint density at radius 2 is 2.00 bits per heavy atom. The van der Waals surface area contributed by atoms with E-state index in [1.807, 2.05) is 0 Å². The zero-order valence-electron chi connectivity index (χ0n) is 11.6. The summed E-state index contributed by atoms with van der Waals surface area (Å²) >= 11 is 0. The molecule has 1 heterocycles. The highest BCUT2D eigenvalue weighted by molar-refractivity contribution is 5.86. The summed E-state index contributed by atoms with van der Waals surface area (Å²) in [5.41, 5.74) is 2.79. The van der Waals surface area contributed by atoms with Crippen LogP contribution in [0.4, 0.5) is 13.2 Å². The van der Waals surface area contributed by atoms with Gasteiger partial charge >= 0.3 is 6.18 Å². The fourth-order valence-electron chi connectivity index (χ4n) is 1.57. The Labute approximate surface area is 115 Å². The van der Waals surface area contributed by atoms with Crippen molar-refractivity contribution < 1.29 is 18.0 Å². The van der Waals surface area contributed by atoms with Gasteiger partial charge in [-0.15, -0.1) is 0 Å². The maximum Gasteiger partial charge on any atom is 0.415 e. The molecule has 0 radical (unpaired) electrons. The number of nitrogens with two attached hydrogens (primary N) is 1. The molecular formula is C13H18F3N3O. The van der Waals surface area contributed by atoms with Crippen molar-refractivity contribution in [3.8, 4) is 0 Å². The molecule has 0 aliphatic rings. The average molecular weight is 289 g/mol. The third-order valence-electron chi connectivity index (χ3n) is 2.98. The lowest BCUT2D eigenvalue weighted by Crippen LogP contribution is -2.63. The number of carbonyl (C=O) groups excluding carboxylic acids is 1. The second-order valence-corrected chi connectivity index (χ2v) is 5.05. The first-order valence-corrected chi connectivity index (χ1v) is 6.14. The Morgan fingerprint density at radius 1 is 1.40 bits per heavy atom. The number of amides is 1. The Balaban J connectivity index is 3.01. The molecule has 4 nitrogen and oxygen atoms in total. The smallest absolute Gasteiger partial charge is 0.332 e. The standard InChI is InChI=1S/C13H18F3N3O/c1-9(2)19(8-10-6-4-5-7-18-10)11(20)12(3,17)13(14,15)16/h4-7,9H,8,17H2,1-3H3. The van der Waals surface area contributed by atoms with Crippen molar-refractivity contribution >= 4 is 5.91 Å². The predicted molar refractivity (Wildman–Crippen MR) is 68.6 cm³/mol. The molecule has 1 amide bonds. The summed E-state index contributed by atoms with van der Waals surface area (Å²) in [4.78, 5) is 17.2. The van der Waals surface area contributed by atoms with Crippen LogP contribution in [-0.4, -0.2) is 33.5 Å². The van der Waals surface area contributed by atoms with Gasteiger partial charge < -0.3 is 10.6 Å². The summed E-state index contributed by atoms with van der Waals surface area (Å²) in [6, 6.07) is 4.61. The highest BCUT2D eigenvalue weighted by atomic mass is 19.4. The van der Waals surface area contributed by atoms with E-state index in [1.54, 1.807) is 32.0 Å². The lowest BCUT2D eigenvalue weighted by Gasteiger charge is -2.35. The normalized spacial score (nSPS) is 15.0. The number of carbonyl (C=O) groups is 1. The van der Waals surface area contributed by atoms with Gasteiger partial charge in [0.25, 0.3) is 5.91 Å². The van der Waals surface area contributed by atoms with Gasteiger partial charge in [-0.1, -0.05) is 6.07 Å². The van der Waals surface area contributed by atoms with E-state index in [-0.39, 0.29) is 6.54 Å². The van der Waals surface area contributed by atoms with Gasteiger partial charge in [0, 0.05) is 12.2 Å². The molecule has 1 atom stereocenters. The molecule has 0 aliphatic carbocycles. The van der Waals surface area contributed by atoms with Crippen molar-refractivity contribution in [2.45, 2.75) is 45.1 Å². The lowest BCUT2D eigenvalue weighted by atomic mass is 10.00. The van der Waals surface area contributed by atoms with E-state index in [1.165, 1.54) is 6.20 Å². The molecule has 1 aromatic rings. The summed E-state index contributed by atoms with van der Waals surface area (Å²) < 4.78 is 38.6. The molecular weight excluding hydrogens is 271 g/mol. The van der Waals surface area contributed by atoms with Gasteiger partial charge in [0.1, 0.15) is 0 Å².